The van der Waals surface area contributed by atoms with Crippen molar-refractivity contribution in [3.8, 4) is 17.6 Å². The van der Waals surface area contributed by atoms with E-state index in [2.05, 4.69) is 0 Å². The van der Waals surface area contributed by atoms with Crippen LogP contribution in [0.5, 0.6) is 11.5 Å². The first-order chi connectivity index (χ1) is 10.7. The average Bonchev–Trinajstić information content (AvgIpc) is 2.59. The van der Waals surface area contributed by atoms with Crippen LogP contribution in [0.4, 0.5) is 0 Å². The molecule has 0 aromatic heterocycles. The third-order valence-electron chi connectivity index (χ3n) is 3.15. The molecule has 0 aliphatic heterocycles. The molecule has 2 aromatic rings. The van der Waals surface area contributed by atoms with Gasteiger partial charge in [-0.2, -0.15) is 5.26 Å². The predicted molar refractivity (Wildman–Crippen MR) is 84.1 cm³/mol. The summed E-state index contributed by atoms with van der Waals surface area (Å²) in [7, 11) is 3.12. The van der Waals surface area contributed by atoms with Crippen molar-refractivity contribution < 1.29 is 14.3 Å². The second-order valence-corrected chi connectivity index (χ2v) is 4.47. The van der Waals surface area contributed by atoms with E-state index >= 15 is 0 Å². The molecule has 0 spiro atoms. The van der Waals surface area contributed by atoms with E-state index in [0.29, 0.717) is 22.6 Å². The third-order valence-corrected chi connectivity index (χ3v) is 3.15. The highest BCUT2D eigenvalue weighted by Crippen LogP contribution is 2.31. The Labute approximate surface area is 129 Å². The van der Waals surface area contributed by atoms with Crippen LogP contribution in [0, 0.1) is 11.3 Å². The van der Waals surface area contributed by atoms with Crippen molar-refractivity contribution in [2.45, 2.75) is 0 Å². The molecular weight excluding hydrogens is 278 g/mol. The maximum Gasteiger partial charge on any atom is 0.185 e. The Morgan fingerprint density at radius 1 is 1.09 bits per heavy atom. The number of methoxy groups -OCH3 is 2. The Hall–Kier alpha value is -3.06. The number of carbonyl (C=O) groups excluding carboxylic acids is 1. The lowest BCUT2D eigenvalue weighted by Crippen LogP contribution is -1.95. The first kappa shape index (κ1) is 15.3. The summed E-state index contributed by atoms with van der Waals surface area (Å²) in [5.74, 6) is 1.04. The van der Waals surface area contributed by atoms with E-state index in [0.717, 1.165) is 5.56 Å². The van der Waals surface area contributed by atoms with E-state index in [4.69, 9.17) is 14.7 Å². The van der Waals surface area contributed by atoms with Crippen LogP contribution in [0.1, 0.15) is 21.5 Å². The molecule has 0 atom stereocenters. The van der Waals surface area contributed by atoms with Gasteiger partial charge < -0.3 is 9.47 Å². The molecule has 0 heterocycles. The van der Waals surface area contributed by atoms with E-state index in [1.54, 1.807) is 50.6 Å². The molecule has 22 heavy (non-hydrogen) atoms. The van der Waals surface area contributed by atoms with Crippen molar-refractivity contribution >= 4 is 11.9 Å². The molecule has 2 rings (SSSR count). The molecule has 2 aromatic carbocycles. The molecule has 4 heteroatoms. The summed E-state index contributed by atoms with van der Waals surface area (Å²) in [6.07, 6.45) is 3.15. The highest BCUT2D eigenvalue weighted by Gasteiger charge is 2.08. The van der Waals surface area contributed by atoms with Crippen LogP contribution in [-0.2, 0) is 0 Å². The second-order valence-electron chi connectivity index (χ2n) is 4.47. The molecule has 0 saturated heterocycles. The average molecular weight is 293 g/mol. The van der Waals surface area contributed by atoms with Gasteiger partial charge in [-0.25, -0.2) is 0 Å². The summed E-state index contributed by atoms with van der Waals surface area (Å²) in [4.78, 5) is 12.1. The molecule has 4 nitrogen and oxygen atoms in total. The van der Waals surface area contributed by atoms with Gasteiger partial charge in [0.05, 0.1) is 25.9 Å². The quantitative estimate of drug-likeness (QED) is 0.625. The normalized spacial score (nSPS) is 10.2. The van der Waals surface area contributed by atoms with Crippen LogP contribution in [-0.4, -0.2) is 20.0 Å². The fraction of sp³-hybridized carbons (Fsp3) is 0.111. The van der Waals surface area contributed by atoms with Gasteiger partial charge in [0.2, 0.25) is 0 Å². The minimum absolute atomic E-state index is 0.144. The topological polar surface area (TPSA) is 59.3 Å². The lowest BCUT2D eigenvalue weighted by atomic mass is 10.1. The Morgan fingerprint density at radius 2 is 1.82 bits per heavy atom. The highest BCUT2D eigenvalue weighted by atomic mass is 16.5. The molecule has 0 bridgehead atoms. The standard InChI is InChI=1S/C18H15NO3/c1-21-17-5-3-4-15(18(17)22-2)10-11-16(20)14-8-6-13(12-19)7-9-14/h3-11H,1-2H3. The number of para-hydroxylation sites is 1. The van der Waals surface area contributed by atoms with Crippen molar-refractivity contribution in [2.75, 3.05) is 14.2 Å². The van der Waals surface area contributed by atoms with Gasteiger partial charge in [0.1, 0.15) is 0 Å². The van der Waals surface area contributed by atoms with Crippen LogP contribution in [0.2, 0.25) is 0 Å². The number of nitrogens with zero attached hydrogens (tertiary/aromatic N) is 1. The zero-order valence-electron chi connectivity index (χ0n) is 12.4. The van der Waals surface area contributed by atoms with Crippen LogP contribution in [0.3, 0.4) is 0 Å². The first-order valence-electron chi connectivity index (χ1n) is 6.63. The molecule has 0 amide bonds. The molecule has 0 N–H and O–H groups in total. The van der Waals surface area contributed by atoms with Crippen molar-refractivity contribution in [1.29, 1.82) is 5.26 Å². The molecule has 0 fully saturated rings. The molecule has 0 aliphatic carbocycles. The van der Waals surface area contributed by atoms with Gasteiger partial charge in [-0.3, -0.25) is 4.79 Å². The third kappa shape index (κ3) is 3.33. The number of ether oxygens (including phenoxy) is 2. The minimum Gasteiger partial charge on any atom is -0.493 e. The van der Waals surface area contributed by atoms with Crippen LogP contribution < -0.4 is 9.47 Å². The monoisotopic (exact) mass is 293 g/mol. The summed E-state index contributed by atoms with van der Waals surface area (Å²) in [6.45, 7) is 0. The van der Waals surface area contributed by atoms with E-state index in [9.17, 15) is 4.79 Å². The second kappa shape index (κ2) is 7.09. The Kier molecular flexibility index (Phi) is 4.94. The summed E-state index contributed by atoms with van der Waals surface area (Å²) in [5, 5.41) is 8.75. The molecule has 0 radical (unpaired) electrons. The number of benzene rings is 2. The maximum absolute atomic E-state index is 12.1. The van der Waals surface area contributed by atoms with Gasteiger partial charge in [-0.1, -0.05) is 12.1 Å². The van der Waals surface area contributed by atoms with Gasteiger partial charge in [0.15, 0.2) is 17.3 Å². The summed E-state index contributed by atoms with van der Waals surface area (Å²) >= 11 is 0. The lowest BCUT2D eigenvalue weighted by molar-refractivity contribution is 0.104. The smallest absolute Gasteiger partial charge is 0.185 e. The van der Waals surface area contributed by atoms with E-state index in [1.807, 2.05) is 18.2 Å². The van der Waals surface area contributed by atoms with E-state index in [1.165, 1.54) is 6.08 Å². The summed E-state index contributed by atoms with van der Waals surface area (Å²) in [6, 6.07) is 14.0. The predicted octanol–water partition coefficient (Wildman–Crippen LogP) is 3.47. The molecule has 0 saturated carbocycles. The summed E-state index contributed by atoms with van der Waals surface area (Å²) < 4.78 is 10.5. The zero-order valence-corrected chi connectivity index (χ0v) is 12.4. The van der Waals surface area contributed by atoms with Gasteiger partial charge in [0, 0.05) is 11.1 Å². The molecule has 0 aliphatic rings. The van der Waals surface area contributed by atoms with Gasteiger partial charge >= 0.3 is 0 Å². The Balaban J connectivity index is 2.24. The number of rotatable bonds is 5. The fourth-order valence-electron chi connectivity index (χ4n) is 2.01. The van der Waals surface area contributed by atoms with E-state index < -0.39 is 0 Å². The lowest BCUT2D eigenvalue weighted by Gasteiger charge is -2.09. The van der Waals surface area contributed by atoms with Gasteiger partial charge in [-0.15, -0.1) is 0 Å². The minimum atomic E-state index is -0.144. The maximum atomic E-state index is 12.1. The number of hydrogen-bond acceptors (Lipinski definition) is 4. The van der Waals surface area contributed by atoms with Crippen LogP contribution >= 0.6 is 0 Å². The van der Waals surface area contributed by atoms with Crippen molar-refractivity contribution in [3.63, 3.8) is 0 Å². The Morgan fingerprint density at radius 3 is 2.41 bits per heavy atom. The van der Waals surface area contributed by atoms with E-state index in [-0.39, 0.29) is 5.78 Å². The van der Waals surface area contributed by atoms with Crippen molar-refractivity contribution in [3.05, 3.63) is 65.2 Å². The van der Waals surface area contributed by atoms with Crippen molar-refractivity contribution in [1.82, 2.24) is 0 Å². The largest absolute Gasteiger partial charge is 0.493 e. The zero-order chi connectivity index (χ0) is 15.9. The van der Waals surface area contributed by atoms with Crippen molar-refractivity contribution in [2.24, 2.45) is 0 Å². The molecular formula is C18H15NO3. The fourth-order valence-corrected chi connectivity index (χ4v) is 2.01. The number of nitriles is 1. The highest BCUT2D eigenvalue weighted by molar-refractivity contribution is 6.07. The van der Waals surface area contributed by atoms with Gasteiger partial charge in [-0.05, 0) is 42.5 Å². The van der Waals surface area contributed by atoms with Crippen LogP contribution in [0.25, 0.3) is 6.08 Å². The number of carbonyl (C=O) groups is 1. The molecule has 110 valence electrons. The number of allylic oxidation sites excluding steroid dienone is 1. The van der Waals surface area contributed by atoms with Gasteiger partial charge in [0.25, 0.3) is 0 Å². The SMILES string of the molecule is COc1cccc(C=CC(=O)c2ccc(C#N)cc2)c1OC. The Bertz CT molecular complexity index is 740. The first-order valence-corrected chi connectivity index (χ1v) is 6.63. The molecule has 0 unspecified atom stereocenters. The number of hydrogen-bond donors (Lipinski definition) is 0. The van der Waals surface area contributed by atoms with Crippen LogP contribution in [0.15, 0.2) is 48.5 Å². The summed E-state index contributed by atoms with van der Waals surface area (Å²) in [5.41, 5.74) is 1.80. The number of ketones is 1.